The van der Waals surface area contributed by atoms with Gasteiger partial charge in [-0.1, -0.05) is 330 Å². The second kappa shape index (κ2) is 54.1. The standard InChI is InChI=1S/C81H146N2O12Si/c1-8-14-17-20-23-26-29-32-35-38-41-44-47-50-53-56-59-91-71-62-70(64-80(78(87)88,66-75(84)85)81(90)65-74(83-67-69(7)77(86)82-79(83)89)95-73(81)68-94-96(11-4,12-5)13-6)63-72(92-60-57-54-51-48-45-42-39-36-33-30-27-24-21-18-15-9-2)76(71)93-61-58-55-52-49-46-43-40-37-34-31-28-25-22-19-16-10-3/h62-63,67,73-74,90H,8-61,64-66,68H2,1-7H3,(H,84,85)(H,87,88)(H,82,86,89)/t73-,74-,80?,81+/m1/s1. The lowest BCUT2D eigenvalue weighted by Gasteiger charge is -2.44. The molecule has 96 heavy (non-hydrogen) atoms. The van der Waals surface area contributed by atoms with Gasteiger partial charge in [-0.05, 0) is 68.4 Å². The molecule has 556 valence electrons. The minimum atomic E-state index is -2.44. The van der Waals surface area contributed by atoms with Crippen molar-refractivity contribution >= 4 is 20.3 Å². The first-order valence-corrected chi connectivity index (χ1v) is 43.1. The van der Waals surface area contributed by atoms with E-state index in [-0.39, 0.29) is 12.2 Å². The molecule has 0 spiro atoms. The van der Waals surface area contributed by atoms with Gasteiger partial charge >= 0.3 is 17.6 Å². The highest BCUT2D eigenvalue weighted by Gasteiger charge is 2.66. The fraction of sp³-hybridized carbons (Fsp3) is 0.852. The number of H-pyrrole nitrogens is 1. The number of aromatic nitrogens is 2. The molecule has 15 heteroatoms. The first kappa shape index (κ1) is 86.6. The Balaban J connectivity index is 1.93. The molecule has 0 bridgehead atoms. The average Bonchev–Trinajstić information content (AvgIpc) is 1.48. The number of ether oxygens (including phenoxy) is 4. The van der Waals surface area contributed by atoms with Crippen LogP contribution in [0.25, 0.3) is 0 Å². The van der Waals surface area contributed by atoms with Gasteiger partial charge in [0, 0.05) is 18.2 Å². The second-order valence-corrected chi connectivity index (χ2v) is 34.0. The number of unbranched alkanes of at least 4 members (excludes halogenated alkanes) is 45. The van der Waals surface area contributed by atoms with Crippen molar-refractivity contribution in [2.75, 3.05) is 26.4 Å². The zero-order chi connectivity index (χ0) is 69.8. The normalized spacial score (nSPS) is 16.3. The van der Waals surface area contributed by atoms with Crippen molar-refractivity contribution in [1.82, 2.24) is 9.55 Å². The molecule has 1 fully saturated rings. The third-order valence-corrected chi connectivity index (χ3v) is 25.9. The minimum Gasteiger partial charge on any atom is -0.490 e. The van der Waals surface area contributed by atoms with Crippen molar-refractivity contribution < 1.29 is 48.3 Å². The van der Waals surface area contributed by atoms with Gasteiger partial charge in [0.15, 0.2) is 19.8 Å². The first-order chi connectivity index (χ1) is 46.7. The second-order valence-electron chi connectivity index (χ2n) is 29.3. The number of nitrogens with zero attached hydrogens (tertiary/aromatic N) is 1. The summed E-state index contributed by atoms with van der Waals surface area (Å²) < 4.78 is 34.8. The highest BCUT2D eigenvalue weighted by Crippen LogP contribution is 2.53. The smallest absolute Gasteiger partial charge is 0.330 e. The Morgan fingerprint density at radius 3 is 1.16 bits per heavy atom. The molecule has 4 N–H and O–H groups in total. The van der Waals surface area contributed by atoms with Crippen molar-refractivity contribution in [1.29, 1.82) is 0 Å². The number of benzene rings is 1. The van der Waals surface area contributed by atoms with E-state index in [0.717, 1.165) is 80.5 Å². The van der Waals surface area contributed by atoms with Gasteiger partial charge in [-0.3, -0.25) is 23.9 Å². The third-order valence-electron chi connectivity index (χ3n) is 21.3. The van der Waals surface area contributed by atoms with E-state index in [0.29, 0.717) is 42.6 Å². The Morgan fingerprint density at radius 2 is 0.844 bits per heavy atom. The van der Waals surface area contributed by atoms with Gasteiger partial charge in [0.1, 0.15) is 23.3 Å². The van der Waals surface area contributed by atoms with Crippen LogP contribution in [0.2, 0.25) is 18.1 Å². The van der Waals surface area contributed by atoms with Crippen LogP contribution < -0.4 is 25.5 Å². The summed E-state index contributed by atoms with van der Waals surface area (Å²) in [5.74, 6) is -1.72. The molecule has 1 unspecified atom stereocenters. The van der Waals surface area contributed by atoms with Crippen LogP contribution in [-0.2, 0) is 25.2 Å². The molecule has 3 rings (SSSR count). The number of aliphatic carboxylic acids is 2. The van der Waals surface area contributed by atoms with E-state index in [1.807, 2.05) is 0 Å². The van der Waals surface area contributed by atoms with Crippen molar-refractivity contribution in [3.05, 3.63) is 50.3 Å². The highest BCUT2D eigenvalue weighted by atomic mass is 28.4. The fourth-order valence-corrected chi connectivity index (χ4v) is 17.2. The van der Waals surface area contributed by atoms with Gasteiger partial charge in [-0.15, -0.1) is 0 Å². The summed E-state index contributed by atoms with van der Waals surface area (Å²) in [6.45, 7) is 15.5. The number of carbonyl (C=O) groups is 2. The fourth-order valence-electron chi connectivity index (χ4n) is 14.6. The van der Waals surface area contributed by atoms with Gasteiger partial charge in [0.05, 0.1) is 32.8 Å². The highest BCUT2D eigenvalue weighted by molar-refractivity contribution is 6.73. The molecule has 0 saturated carbocycles. The van der Waals surface area contributed by atoms with Crippen molar-refractivity contribution in [2.24, 2.45) is 5.41 Å². The maximum Gasteiger partial charge on any atom is 0.330 e. The quantitative estimate of drug-likeness (QED) is 0.0362. The molecule has 1 aliphatic rings. The van der Waals surface area contributed by atoms with Crippen LogP contribution in [0.4, 0.5) is 0 Å². The van der Waals surface area contributed by atoms with E-state index < -0.39 is 74.1 Å². The summed E-state index contributed by atoms with van der Waals surface area (Å²) in [6, 6.07) is 5.79. The Labute approximate surface area is 586 Å². The third kappa shape index (κ3) is 34.6. The van der Waals surface area contributed by atoms with Gasteiger partial charge < -0.3 is 38.7 Å². The Bertz CT molecular complexity index is 2320. The van der Waals surface area contributed by atoms with E-state index in [2.05, 4.69) is 46.5 Å². The Morgan fingerprint density at radius 1 is 0.521 bits per heavy atom. The minimum absolute atomic E-state index is 0.210. The lowest BCUT2D eigenvalue weighted by Crippen LogP contribution is -2.61. The van der Waals surface area contributed by atoms with E-state index in [1.165, 1.54) is 257 Å². The number of carboxylic acid groups (broad SMARTS) is 2. The lowest BCUT2D eigenvalue weighted by molar-refractivity contribution is -0.188. The van der Waals surface area contributed by atoms with Crippen LogP contribution in [-0.4, -0.2) is 83.3 Å². The number of aliphatic hydroxyl groups is 1. The van der Waals surface area contributed by atoms with Crippen molar-refractivity contribution in [3.8, 4) is 17.2 Å². The molecule has 1 saturated heterocycles. The van der Waals surface area contributed by atoms with Gasteiger partial charge in [0.2, 0.25) is 5.75 Å². The Hall–Kier alpha value is -3.66. The van der Waals surface area contributed by atoms with Crippen LogP contribution in [0.1, 0.15) is 380 Å². The summed E-state index contributed by atoms with van der Waals surface area (Å²) in [5, 5.41) is 36.2. The van der Waals surface area contributed by atoms with Crippen LogP contribution in [0.15, 0.2) is 27.9 Å². The SMILES string of the molecule is CCCCCCCCCCCCCCCCCCOc1cc(CC(CC(=O)O)(C(=O)O)[C@]2(O)C[C@H](n3cc(C)c(=O)[nH]c3=O)O[C@@H]2CO[Si](CC)(CC)CC)cc(OCCCCCCCCCCCCCCCCCC)c1OCCCCCCCCCCCCCCCCCC. The summed E-state index contributed by atoms with van der Waals surface area (Å²) in [5.41, 5.74) is -5.65. The van der Waals surface area contributed by atoms with Crippen molar-refractivity contribution in [2.45, 2.75) is 412 Å². The van der Waals surface area contributed by atoms with E-state index >= 15 is 0 Å². The number of rotatable bonds is 67. The molecule has 2 aromatic rings. The first-order valence-electron chi connectivity index (χ1n) is 40.5. The van der Waals surface area contributed by atoms with Crippen LogP contribution in [0.5, 0.6) is 17.2 Å². The molecular formula is C81H146N2O12Si. The number of hydrogen-bond donors (Lipinski definition) is 4. The molecule has 2 heterocycles. The molecule has 1 aromatic heterocycles. The van der Waals surface area contributed by atoms with Gasteiger partial charge in [0.25, 0.3) is 5.56 Å². The largest absolute Gasteiger partial charge is 0.490 e. The lowest BCUT2D eigenvalue weighted by atomic mass is 9.63. The number of hydrogen-bond acceptors (Lipinski definition) is 10. The monoisotopic (exact) mass is 1370 g/mol. The predicted molar refractivity (Wildman–Crippen MR) is 400 cm³/mol. The number of aromatic amines is 1. The zero-order valence-electron chi connectivity index (χ0n) is 62.9. The summed E-state index contributed by atoms with van der Waals surface area (Å²) >= 11 is 0. The summed E-state index contributed by atoms with van der Waals surface area (Å²) in [4.78, 5) is 56.3. The number of carboxylic acids is 2. The van der Waals surface area contributed by atoms with Crippen molar-refractivity contribution in [3.63, 3.8) is 0 Å². The van der Waals surface area contributed by atoms with Crippen LogP contribution in [0.3, 0.4) is 0 Å². The maximum absolute atomic E-state index is 14.5. The molecule has 0 amide bonds. The number of aryl methyl sites for hydroxylation is 1. The molecular weight excluding hydrogens is 1220 g/mol. The summed E-state index contributed by atoms with van der Waals surface area (Å²) in [7, 11) is -2.42. The molecule has 4 atom stereocenters. The topological polar surface area (TPSA) is 196 Å². The zero-order valence-corrected chi connectivity index (χ0v) is 63.9. The Kier molecular flexibility index (Phi) is 48.8. The molecule has 0 radical (unpaired) electrons. The molecule has 1 aromatic carbocycles. The summed E-state index contributed by atoms with van der Waals surface area (Å²) in [6.07, 6.45) is 57.0. The van der Waals surface area contributed by atoms with Crippen LogP contribution in [0, 0.1) is 12.3 Å². The average molecular weight is 1370 g/mol. The van der Waals surface area contributed by atoms with E-state index in [1.54, 1.807) is 19.1 Å². The van der Waals surface area contributed by atoms with E-state index in [4.69, 9.17) is 23.4 Å². The number of nitrogens with one attached hydrogen (secondary N) is 1. The van der Waals surface area contributed by atoms with Crippen LogP contribution >= 0.6 is 0 Å². The van der Waals surface area contributed by atoms with E-state index in [9.17, 15) is 34.5 Å². The molecule has 0 aliphatic carbocycles. The van der Waals surface area contributed by atoms with Gasteiger partial charge in [-0.25, -0.2) is 4.79 Å². The van der Waals surface area contributed by atoms with Gasteiger partial charge in [-0.2, -0.15) is 0 Å². The predicted octanol–water partition coefficient (Wildman–Crippen LogP) is 22.6. The maximum atomic E-state index is 14.5. The molecule has 1 aliphatic heterocycles. The molecule has 14 nitrogen and oxygen atoms in total.